The van der Waals surface area contributed by atoms with Crippen molar-refractivity contribution in [2.24, 2.45) is 0 Å². The zero-order valence-electron chi connectivity index (χ0n) is 6.02. The van der Waals surface area contributed by atoms with Gasteiger partial charge in [-0.05, 0) is 0 Å². The van der Waals surface area contributed by atoms with Crippen molar-refractivity contribution in [1.82, 2.24) is 9.97 Å². The quantitative estimate of drug-likeness (QED) is 0.539. The van der Waals surface area contributed by atoms with Crippen LogP contribution < -0.4 is 0 Å². The average molecular weight is 383 g/mol. The topological polar surface area (TPSA) is 25.8 Å². The molecule has 0 aliphatic heterocycles. The fourth-order valence-electron chi connectivity index (χ4n) is 1.21. The van der Waals surface area contributed by atoms with E-state index < -0.39 is 0 Å². The molecule has 2 aromatic heterocycles. The monoisotopic (exact) mass is 388 g/mol. The molecule has 4 heteroatoms. The maximum atomic E-state index is 4.37. The molecule has 0 amide bonds. The Morgan fingerprint density at radius 1 is 0.833 bits per heavy atom. The van der Waals surface area contributed by atoms with Gasteiger partial charge in [-0.1, -0.05) is 0 Å². The minimum atomic E-state index is -0.104. The number of hydrogen-bond donors (Lipinski definition) is 0. The minimum absolute atomic E-state index is 0.104. The van der Waals surface area contributed by atoms with Crippen molar-refractivity contribution in [3.05, 3.63) is 20.6 Å². The van der Waals surface area contributed by atoms with Gasteiger partial charge in [-0.25, -0.2) is 0 Å². The van der Waals surface area contributed by atoms with Crippen LogP contribution >= 0.6 is 0 Å². The zero-order valence-corrected chi connectivity index (χ0v) is 10.7. The van der Waals surface area contributed by atoms with Crippen molar-refractivity contribution in [3.8, 4) is 0 Å². The molecule has 2 heterocycles. The first-order valence-corrected chi connectivity index (χ1v) is 8.52. The Kier molecular flexibility index (Phi) is 1.77. The fraction of sp³-hybridized carbons (Fsp3) is 0. The number of benzene rings is 1. The number of hydrogen-bond acceptors (Lipinski definition) is 2. The molecular weight excluding hydrogens is 379 g/mol. The fourth-order valence-corrected chi connectivity index (χ4v) is 5.16. The predicted molar refractivity (Wildman–Crippen MR) is 50.9 cm³/mol. The number of rotatable bonds is 0. The molecular formula is C8H4N2Te2. The summed E-state index contributed by atoms with van der Waals surface area (Å²) in [5.74, 6) is 0. The van der Waals surface area contributed by atoms with Crippen molar-refractivity contribution in [2.75, 3.05) is 0 Å². The number of nitrogens with zero attached hydrogens (tertiary/aromatic N) is 2. The van der Waals surface area contributed by atoms with Gasteiger partial charge in [-0.3, -0.25) is 0 Å². The molecule has 0 radical (unpaired) electrons. The van der Waals surface area contributed by atoms with E-state index in [1.807, 2.05) is 0 Å². The summed E-state index contributed by atoms with van der Waals surface area (Å²) < 4.78 is 7.14. The van der Waals surface area contributed by atoms with Gasteiger partial charge in [0.05, 0.1) is 0 Å². The van der Waals surface area contributed by atoms with Crippen molar-refractivity contribution in [1.29, 1.82) is 0 Å². The van der Waals surface area contributed by atoms with Crippen LogP contribution in [-0.4, -0.2) is 50.8 Å². The van der Waals surface area contributed by atoms with Crippen LogP contribution in [0.15, 0.2) is 20.6 Å². The average Bonchev–Trinajstić information content (AvgIpc) is 2.64. The second-order valence-corrected chi connectivity index (χ2v) is 7.55. The summed E-state index contributed by atoms with van der Waals surface area (Å²) >= 11 is -0.208. The van der Waals surface area contributed by atoms with Gasteiger partial charge in [0.15, 0.2) is 0 Å². The van der Waals surface area contributed by atoms with Crippen LogP contribution in [-0.2, 0) is 0 Å². The first kappa shape index (κ1) is 7.53. The zero-order chi connectivity index (χ0) is 7.97. The Hall–Kier alpha value is 0.139. The predicted octanol–water partition coefficient (Wildman–Crippen LogP) is 0.897. The van der Waals surface area contributed by atoms with E-state index in [9.17, 15) is 0 Å². The normalized spacial score (nSPS) is 11.3. The molecule has 0 N–H and O–H groups in total. The van der Waals surface area contributed by atoms with Crippen LogP contribution in [0.25, 0.3) is 17.8 Å². The molecule has 58 valence electrons. The molecule has 0 spiro atoms. The van der Waals surface area contributed by atoms with Gasteiger partial charge in [-0.2, -0.15) is 0 Å². The van der Waals surface area contributed by atoms with Gasteiger partial charge in [0.1, 0.15) is 0 Å². The molecule has 0 fully saturated rings. The molecule has 0 aliphatic rings. The summed E-state index contributed by atoms with van der Waals surface area (Å²) in [6, 6.07) is 4.49. The molecule has 0 bridgehead atoms. The Labute approximate surface area is 88.5 Å². The molecule has 0 atom stereocenters. The molecule has 3 rings (SSSR count). The Bertz CT molecular complexity index is 447. The van der Waals surface area contributed by atoms with Crippen molar-refractivity contribution >= 4 is 58.7 Å². The molecule has 0 saturated carbocycles. The maximum absolute atomic E-state index is 4.37. The molecule has 0 aliphatic carbocycles. The van der Waals surface area contributed by atoms with Crippen molar-refractivity contribution < 1.29 is 0 Å². The van der Waals surface area contributed by atoms with Gasteiger partial charge in [0.2, 0.25) is 0 Å². The Morgan fingerprint density at radius 2 is 1.33 bits per heavy atom. The first-order chi connectivity index (χ1) is 5.93. The van der Waals surface area contributed by atoms with E-state index in [1.165, 1.54) is 17.8 Å². The number of fused-ring (bicyclic) bond motifs is 2. The van der Waals surface area contributed by atoms with Crippen LogP contribution in [0.1, 0.15) is 0 Å². The summed E-state index contributed by atoms with van der Waals surface area (Å²) in [5, 5.41) is 0. The third-order valence-electron chi connectivity index (χ3n) is 1.78. The molecule has 0 unspecified atom stereocenters. The van der Waals surface area contributed by atoms with Gasteiger partial charge in [0.25, 0.3) is 0 Å². The molecule has 0 saturated heterocycles. The van der Waals surface area contributed by atoms with Crippen molar-refractivity contribution in [2.45, 2.75) is 0 Å². The molecule has 12 heavy (non-hydrogen) atoms. The SMILES string of the molecule is c1nc2cc3[te]cnc3cc2[te]1. The van der Waals surface area contributed by atoms with E-state index in [4.69, 9.17) is 0 Å². The van der Waals surface area contributed by atoms with E-state index >= 15 is 0 Å². The second kappa shape index (κ2) is 2.82. The third-order valence-corrected chi connectivity index (χ3v) is 6.30. The Morgan fingerprint density at radius 3 is 1.83 bits per heavy atom. The van der Waals surface area contributed by atoms with Gasteiger partial charge < -0.3 is 0 Å². The van der Waals surface area contributed by atoms with Crippen LogP contribution in [0.2, 0.25) is 0 Å². The second-order valence-electron chi connectivity index (χ2n) is 2.49. The summed E-state index contributed by atoms with van der Waals surface area (Å²) in [6.45, 7) is 0. The van der Waals surface area contributed by atoms with Gasteiger partial charge >= 0.3 is 89.2 Å². The number of aromatic nitrogens is 2. The van der Waals surface area contributed by atoms with E-state index in [0.717, 1.165) is 0 Å². The summed E-state index contributed by atoms with van der Waals surface area (Å²) in [7, 11) is 0. The Balaban J connectivity index is 2.62. The van der Waals surface area contributed by atoms with E-state index in [0.29, 0.717) is 0 Å². The first-order valence-electron chi connectivity index (χ1n) is 3.50. The van der Waals surface area contributed by atoms with E-state index in [1.54, 1.807) is 0 Å². The van der Waals surface area contributed by atoms with Crippen LogP contribution in [0.3, 0.4) is 0 Å². The third kappa shape index (κ3) is 1.07. The van der Waals surface area contributed by atoms with Crippen LogP contribution in [0, 0.1) is 0 Å². The van der Waals surface area contributed by atoms with Crippen molar-refractivity contribution in [3.63, 3.8) is 0 Å². The van der Waals surface area contributed by atoms with Gasteiger partial charge in [-0.15, -0.1) is 0 Å². The summed E-state index contributed by atoms with van der Waals surface area (Å²) in [4.78, 5) is 8.75. The van der Waals surface area contributed by atoms with E-state index in [-0.39, 0.29) is 40.9 Å². The van der Waals surface area contributed by atoms with Gasteiger partial charge in [0, 0.05) is 0 Å². The van der Waals surface area contributed by atoms with E-state index in [2.05, 4.69) is 30.5 Å². The van der Waals surface area contributed by atoms with Crippen LogP contribution in [0.5, 0.6) is 0 Å². The standard InChI is InChI=1S/C8H4N2Te2/c1-5-8(12-3-9-5)2-6-7(1)11-4-10-6/h1-4H. The van der Waals surface area contributed by atoms with Crippen LogP contribution in [0.4, 0.5) is 0 Å². The summed E-state index contributed by atoms with van der Waals surface area (Å²) in [5.41, 5.74) is 2.46. The molecule has 1 aromatic carbocycles. The summed E-state index contributed by atoms with van der Waals surface area (Å²) in [6.07, 6.45) is 0. The molecule has 2 nitrogen and oxygen atoms in total. The molecule has 3 aromatic rings.